The summed E-state index contributed by atoms with van der Waals surface area (Å²) in [7, 11) is 0. The molecule has 0 saturated heterocycles. The highest BCUT2D eigenvalue weighted by Gasteiger charge is 2.16. The molecule has 6 nitrogen and oxygen atoms in total. The van der Waals surface area contributed by atoms with Gasteiger partial charge in [0.25, 0.3) is 11.5 Å². The van der Waals surface area contributed by atoms with Gasteiger partial charge in [-0.25, -0.2) is 4.98 Å². The van der Waals surface area contributed by atoms with Gasteiger partial charge >= 0.3 is 0 Å². The molecule has 0 aliphatic carbocycles. The van der Waals surface area contributed by atoms with Crippen LogP contribution in [0.2, 0.25) is 10.0 Å². The summed E-state index contributed by atoms with van der Waals surface area (Å²) >= 11 is 12.0. The SMILES string of the molecule is O=C(Nc1ccc2ncn(Cc3ccc(Cl)c(Cl)c3)c(=O)c2c1)[C@@H](O)Cc1ccccc1. The van der Waals surface area contributed by atoms with Gasteiger partial charge in [-0.3, -0.25) is 14.2 Å². The van der Waals surface area contributed by atoms with Crippen LogP contribution in [0.15, 0.2) is 77.9 Å². The number of fused-ring (bicyclic) bond motifs is 1. The Labute approximate surface area is 194 Å². The fourth-order valence-electron chi connectivity index (χ4n) is 3.34. The van der Waals surface area contributed by atoms with E-state index in [-0.39, 0.29) is 18.5 Å². The molecule has 1 atom stereocenters. The highest BCUT2D eigenvalue weighted by atomic mass is 35.5. The number of hydrogen-bond acceptors (Lipinski definition) is 4. The number of carbonyl (C=O) groups excluding carboxylic acids is 1. The topological polar surface area (TPSA) is 84.2 Å². The lowest BCUT2D eigenvalue weighted by Crippen LogP contribution is -2.29. The van der Waals surface area contributed by atoms with Gasteiger partial charge in [-0.2, -0.15) is 0 Å². The fourth-order valence-corrected chi connectivity index (χ4v) is 3.66. The summed E-state index contributed by atoms with van der Waals surface area (Å²) in [4.78, 5) is 29.8. The van der Waals surface area contributed by atoms with Crippen LogP contribution in [0.1, 0.15) is 11.1 Å². The van der Waals surface area contributed by atoms with Crippen LogP contribution in [-0.4, -0.2) is 26.7 Å². The Morgan fingerprint density at radius 1 is 1.00 bits per heavy atom. The van der Waals surface area contributed by atoms with Gasteiger partial charge in [0.2, 0.25) is 0 Å². The molecule has 162 valence electrons. The normalized spacial score (nSPS) is 12.0. The van der Waals surface area contributed by atoms with E-state index in [4.69, 9.17) is 23.2 Å². The van der Waals surface area contributed by atoms with Crippen LogP contribution in [-0.2, 0) is 17.8 Å². The Bertz CT molecular complexity index is 1340. The van der Waals surface area contributed by atoms with E-state index >= 15 is 0 Å². The molecule has 2 N–H and O–H groups in total. The van der Waals surface area contributed by atoms with Gasteiger partial charge in [-0.1, -0.05) is 59.6 Å². The molecule has 0 aliphatic rings. The summed E-state index contributed by atoms with van der Waals surface area (Å²) in [5.74, 6) is -0.548. The van der Waals surface area contributed by atoms with Gasteiger partial charge in [0.1, 0.15) is 6.10 Å². The number of aliphatic hydroxyl groups excluding tert-OH is 1. The van der Waals surface area contributed by atoms with E-state index in [0.29, 0.717) is 26.6 Å². The monoisotopic (exact) mass is 467 g/mol. The average molecular weight is 468 g/mol. The summed E-state index contributed by atoms with van der Waals surface area (Å²) in [6.07, 6.45) is 0.446. The van der Waals surface area contributed by atoms with Gasteiger partial charge in [0, 0.05) is 12.1 Å². The fraction of sp³-hybridized carbons (Fsp3) is 0.125. The number of halogens is 2. The molecule has 1 heterocycles. The largest absolute Gasteiger partial charge is 0.383 e. The zero-order valence-corrected chi connectivity index (χ0v) is 18.3. The van der Waals surface area contributed by atoms with E-state index in [1.54, 1.807) is 36.4 Å². The maximum atomic E-state index is 13.0. The van der Waals surface area contributed by atoms with Crippen molar-refractivity contribution in [1.29, 1.82) is 0 Å². The summed E-state index contributed by atoms with van der Waals surface area (Å²) in [6.45, 7) is 0.269. The lowest BCUT2D eigenvalue weighted by molar-refractivity contribution is -0.123. The van der Waals surface area contributed by atoms with Crippen LogP contribution in [0.5, 0.6) is 0 Å². The maximum absolute atomic E-state index is 13.0. The molecule has 1 amide bonds. The molecule has 8 heteroatoms. The molecular formula is C24H19Cl2N3O3. The second-order valence-corrected chi connectivity index (χ2v) is 8.17. The van der Waals surface area contributed by atoms with Crippen LogP contribution < -0.4 is 10.9 Å². The quantitative estimate of drug-likeness (QED) is 0.442. The number of anilines is 1. The van der Waals surface area contributed by atoms with E-state index in [9.17, 15) is 14.7 Å². The Kier molecular flexibility index (Phi) is 6.55. The average Bonchev–Trinajstić information content (AvgIpc) is 2.79. The smallest absolute Gasteiger partial charge is 0.261 e. The van der Waals surface area contributed by atoms with Crippen molar-refractivity contribution < 1.29 is 9.90 Å². The first-order valence-corrected chi connectivity index (χ1v) is 10.6. The van der Waals surface area contributed by atoms with E-state index in [0.717, 1.165) is 11.1 Å². The van der Waals surface area contributed by atoms with Crippen LogP contribution in [0.25, 0.3) is 10.9 Å². The van der Waals surface area contributed by atoms with Crippen LogP contribution >= 0.6 is 23.2 Å². The van der Waals surface area contributed by atoms with E-state index in [2.05, 4.69) is 10.3 Å². The first-order valence-electron chi connectivity index (χ1n) is 9.87. The highest BCUT2D eigenvalue weighted by Crippen LogP contribution is 2.23. The molecule has 4 aromatic rings. The third-order valence-electron chi connectivity index (χ3n) is 5.00. The molecule has 0 bridgehead atoms. The summed E-state index contributed by atoms with van der Waals surface area (Å²) in [5, 5.41) is 14.1. The number of aromatic nitrogens is 2. The Balaban J connectivity index is 1.54. The number of nitrogens with zero attached hydrogens (tertiary/aromatic N) is 2. The van der Waals surface area contributed by atoms with Crippen molar-refractivity contribution in [1.82, 2.24) is 9.55 Å². The number of aliphatic hydroxyl groups is 1. The van der Waals surface area contributed by atoms with Crippen molar-refractivity contribution in [3.63, 3.8) is 0 Å². The van der Waals surface area contributed by atoms with E-state index in [1.165, 1.54) is 10.9 Å². The number of benzene rings is 3. The molecule has 32 heavy (non-hydrogen) atoms. The molecule has 0 aliphatic heterocycles. The molecule has 0 unspecified atom stereocenters. The van der Waals surface area contributed by atoms with Crippen LogP contribution in [0.4, 0.5) is 5.69 Å². The third kappa shape index (κ3) is 4.99. The number of amides is 1. The lowest BCUT2D eigenvalue weighted by Gasteiger charge is -2.12. The standard InChI is InChI=1S/C24H19Cl2N3O3/c25-19-8-6-16(10-20(19)26)13-29-14-27-21-9-7-17(12-18(21)24(29)32)28-23(31)22(30)11-15-4-2-1-3-5-15/h1-10,12,14,22,30H,11,13H2,(H,28,31)/t22-/m0/s1. The molecular weight excluding hydrogens is 449 g/mol. The van der Waals surface area contributed by atoms with Crippen molar-refractivity contribution in [2.24, 2.45) is 0 Å². The van der Waals surface area contributed by atoms with Crippen molar-refractivity contribution in [2.75, 3.05) is 5.32 Å². The van der Waals surface area contributed by atoms with E-state index < -0.39 is 12.0 Å². The second-order valence-electron chi connectivity index (χ2n) is 7.35. The van der Waals surface area contributed by atoms with Gasteiger partial charge in [-0.05, 0) is 41.5 Å². The van der Waals surface area contributed by atoms with Gasteiger partial charge < -0.3 is 10.4 Å². The molecule has 4 rings (SSSR count). The van der Waals surface area contributed by atoms with E-state index in [1.807, 2.05) is 30.3 Å². The van der Waals surface area contributed by atoms with Crippen molar-refractivity contribution in [3.05, 3.63) is 105 Å². The van der Waals surface area contributed by atoms with Crippen LogP contribution in [0.3, 0.4) is 0 Å². The highest BCUT2D eigenvalue weighted by molar-refractivity contribution is 6.42. The molecule has 0 fully saturated rings. The van der Waals surface area contributed by atoms with Gasteiger partial charge in [0.05, 0.1) is 33.8 Å². The Morgan fingerprint density at radius 2 is 1.78 bits per heavy atom. The van der Waals surface area contributed by atoms with Crippen molar-refractivity contribution in [3.8, 4) is 0 Å². The molecule has 1 aromatic heterocycles. The van der Waals surface area contributed by atoms with Crippen LogP contribution in [0, 0.1) is 0 Å². The molecule has 0 spiro atoms. The number of rotatable bonds is 6. The second kappa shape index (κ2) is 9.53. The number of hydrogen-bond donors (Lipinski definition) is 2. The predicted molar refractivity (Wildman–Crippen MR) is 126 cm³/mol. The Hall–Kier alpha value is -3.19. The van der Waals surface area contributed by atoms with Gasteiger partial charge in [-0.15, -0.1) is 0 Å². The minimum absolute atomic E-state index is 0.193. The predicted octanol–water partition coefficient (Wildman–Crippen LogP) is 4.29. The molecule has 3 aromatic carbocycles. The first-order chi connectivity index (χ1) is 15.4. The Morgan fingerprint density at radius 3 is 2.53 bits per heavy atom. The van der Waals surface area contributed by atoms with Crippen molar-refractivity contribution in [2.45, 2.75) is 19.1 Å². The maximum Gasteiger partial charge on any atom is 0.261 e. The first kappa shape index (κ1) is 22.0. The number of nitrogens with one attached hydrogen (secondary N) is 1. The molecule has 0 radical (unpaired) electrons. The molecule has 0 saturated carbocycles. The van der Waals surface area contributed by atoms with Gasteiger partial charge in [0.15, 0.2) is 0 Å². The lowest BCUT2D eigenvalue weighted by atomic mass is 10.1. The zero-order valence-electron chi connectivity index (χ0n) is 16.8. The summed E-state index contributed by atoms with van der Waals surface area (Å²) < 4.78 is 1.46. The summed E-state index contributed by atoms with van der Waals surface area (Å²) in [5.41, 5.74) is 2.30. The minimum atomic E-state index is -1.21. The number of carbonyl (C=O) groups is 1. The van der Waals surface area contributed by atoms with Crippen molar-refractivity contribution >= 4 is 45.7 Å². The zero-order chi connectivity index (χ0) is 22.7. The third-order valence-corrected chi connectivity index (χ3v) is 5.74. The minimum Gasteiger partial charge on any atom is -0.383 e. The summed E-state index contributed by atoms with van der Waals surface area (Å²) in [6, 6.07) is 19.3.